The number of ether oxygens (including phenoxy) is 1. The summed E-state index contributed by atoms with van der Waals surface area (Å²) in [6, 6.07) is 61.3. The van der Waals surface area contributed by atoms with E-state index < -0.39 is 0 Å². The lowest BCUT2D eigenvalue weighted by molar-refractivity contribution is 0.302. The zero-order chi connectivity index (χ0) is 37.5. The lowest BCUT2D eigenvalue weighted by Crippen LogP contribution is -2.06. The van der Waals surface area contributed by atoms with Gasteiger partial charge in [0, 0.05) is 27.5 Å². The van der Waals surface area contributed by atoms with Gasteiger partial charge in [-0.1, -0.05) is 152 Å². The van der Waals surface area contributed by atoms with Crippen LogP contribution in [-0.2, 0) is 6.61 Å². The van der Waals surface area contributed by atoms with E-state index in [-0.39, 0.29) is 0 Å². The van der Waals surface area contributed by atoms with Crippen molar-refractivity contribution in [2.24, 2.45) is 0 Å². The summed E-state index contributed by atoms with van der Waals surface area (Å²) >= 11 is 0. The summed E-state index contributed by atoms with van der Waals surface area (Å²) < 4.78 is 13.0. The van der Waals surface area contributed by atoms with Crippen LogP contribution in [0.3, 0.4) is 0 Å². The molecule has 0 N–H and O–H groups in total. The zero-order valence-corrected chi connectivity index (χ0v) is 30.6. The van der Waals surface area contributed by atoms with Gasteiger partial charge in [-0.15, -0.1) is 0 Å². The normalized spacial score (nSPS) is 12.3. The van der Waals surface area contributed by atoms with Gasteiger partial charge >= 0.3 is 0 Å². The fraction of sp³-hybridized carbons (Fsp3) is 0.0192. The molecule has 57 heavy (non-hydrogen) atoms. The average molecular weight is 730 g/mol. The predicted molar refractivity (Wildman–Crippen MR) is 231 cm³/mol. The Balaban J connectivity index is 1.08. The fourth-order valence-electron chi connectivity index (χ4n) is 8.85. The Morgan fingerprint density at radius 1 is 0.386 bits per heavy atom. The third kappa shape index (κ3) is 4.92. The zero-order valence-electron chi connectivity index (χ0n) is 30.6. The molecule has 3 heterocycles. The minimum atomic E-state index is 0.530. The first-order valence-electron chi connectivity index (χ1n) is 19.2. The van der Waals surface area contributed by atoms with Gasteiger partial charge in [0.05, 0.1) is 5.56 Å². The van der Waals surface area contributed by atoms with Crippen molar-refractivity contribution >= 4 is 54.3 Å². The topological polar surface area (TPSA) is 61.0 Å². The van der Waals surface area contributed by atoms with Crippen LogP contribution in [0.25, 0.3) is 111 Å². The number of furan rings is 1. The maximum atomic E-state index is 6.83. The van der Waals surface area contributed by atoms with E-state index in [9.17, 15) is 0 Å². The molecule has 0 saturated heterocycles. The lowest BCUT2D eigenvalue weighted by atomic mass is 9.87. The van der Waals surface area contributed by atoms with Crippen molar-refractivity contribution in [3.8, 4) is 62.2 Å². The molecule has 0 amide bonds. The molecule has 1 aliphatic heterocycles. The van der Waals surface area contributed by atoms with Crippen molar-refractivity contribution in [2.75, 3.05) is 0 Å². The van der Waals surface area contributed by atoms with Gasteiger partial charge in [-0.05, 0) is 78.8 Å². The third-order valence-electron chi connectivity index (χ3n) is 11.4. The van der Waals surface area contributed by atoms with Gasteiger partial charge in [-0.2, -0.15) is 0 Å². The van der Waals surface area contributed by atoms with Gasteiger partial charge in [0.1, 0.15) is 23.5 Å². The SMILES string of the molecule is c1ccc(-c2nc(-c3ccc4c5ccccc5c5ccccc5c4c3)nc(-c3cccc4c3oc3cccc(-c5cccc6c5-c5ccccc5OC6)c34)n2)cc1. The van der Waals surface area contributed by atoms with Crippen LogP contribution in [0.4, 0.5) is 0 Å². The summed E-state index contributed by atoms with van der Waals surface area (Å²) in [5.74, 6) is 2.65. The van der Waals surface area contributed by atoms with Crippen LogP contribution in [0.1, 0.15) is 5.56 Å². The van der Waals surface area contributed by atoms with Gasteiger partial charge in [-0.3, -0.25) is 0 Å². The lowest BCUT2D eigenvalue weighted by Gasteiger charge is -2.23. The van der Waals surface area contributed by atoms with Gasteiger partial charge in [0.25, 0.3) is 0 Å². The first-order valence-corrected chi connectivity index (χ1v) is 19.2. The molecule has 266 valence electrons. The van der Waals surface area contributed by atoms with Crippen LogP contribution < -0.4 is 4.74 Å². The summed E-state index contributed by atoms with van der Waals surface area (Å²) in [4.78, 5) is 15.5. The van der Waals surface area contributed by atoms with Crippen LogP contribution in [0, 0.1) is 0 Å². The molecule has 0 radical (unpaired) electrons. The van der Waals surface area contributed by atoms with Crippen LogP contribution in [0.2, 0.25) is 0 Å². The van der Waals surface area contributed by atoms with Crippen LogP contribution in [0.5, 0.6) is 5.75 Å². The Bertz CT molecular complexity index is 3390. The maximum absolute atomic E-state index is 6.83. The largest absolute Gasteiger partial charge is 0.488 e. The molecule has 9 aromatic carbocycles. The molecule has 1 aliphatic rings. The molecule has 0 unspecified atom stereocenters. The van der Waals surface area contributed by atoms with E-state index >= 15 is 0 Å². The monoisotopic (exact) mass is 729 g/mol. The number of nitrogens with zero attached hydrogens (tertiary/aromatic N) is 3. The highest BCUT2D eigenvalue weighted by Gasteiger charge is 2.24. The number of hydrogen-bond acceptors (Lipinski definition) is 5. The Labute approximate surface area is 327 Å². The third-order valence-corrected chi connectivity index (χ3v) is 11.4. The number of hydrogen-bond donors (Lipinski definition) is 0. The van der Waals surface area contributed by atoms with Crippen LogP contribution >= 0.6 is 0 Å². The van der Waals surface area contributed by atoms with Crippen molar-refractivity contribution in [1.82, 2.24) is 15.0 Å². The molecular weight excluding hydrogens is 699 g/mol. The molecule has 5 nitrogen and oxygen atoms in total. The molecule has 0 bridgehead atoms. The second-order valence-corrected chi connectivity index (χ2v) is 14.6. The van der Waals surface area contributed by atoms with E-state index in [2.05, 4.69) is 127 Å². The minimum Gasteiger partial charge on any atom is -0.488 e. The van der Waals surface area contributed by atoms with Crippen molar-refractivity contribution in [1.29, 1.82) is 0 Å². The molecule has 5 heteroatoms. The number of fused-ring (bicyclic) bond motifs is 12. The van der Waals surface area contributed by atoms with Crippen molar-refractivity contribution < 1.29 is 9.15 Å². The Morgan fingerprint density at radius 3 is 1.77 bits per heavy atom. The van der Waals surface area contributed by atoms with Gasteiger partial charge in [-0.25, -0.2) is 15.0 Å². The summed E-state index contributed by atoms with van der Waals surface area (Å²) in [6.45, 7) is 0.530. The fourth-order valence-corrected chi connectivity index (χ4v) is 8.85. The van der Waals surface area contributed by atoms with Gasteiger partial charge in [0.15, 0.2) is 17.5 Å². The molecular formula is C52H31N3O2. The minimum absolute atomic E-state index is 0.530. The number of benzene rings is 9. The second-order valence-electron chi connectivity index (χ2n) is 14.6. The molecule has 0 atom stereocenters. The number of aromatic nitrogens is 3. The molecule has 11 aromatic rings. The standard InChI is InChI=1S/C52H31N3O2/c1-2-13-31(14-3-1)50-53-51(32-27-28-38-36-18-5-4-16-34(36)35-17-6-7-19-37(35)44(38)29-32)55-52(54-50)43-24-11-23-42-48-40(22-12-26-46(48)57-49(42)43)39-21-10-15-33-30-56-45-25-9-8-20-41(45)47(33)39/h1-29H,30H2. The summed E-state index contributed by atoms with van der Waals surface area (Å²) in [5.41, 5.74) is 9.89. The first-order chi connectivity index (χ1) is 28.3. The molecule has 0 fully saturated rings. The highest BCUT2D eigenvalue weighted by molar-refractivity contribution is 6.25. The smallest absolute Gasteiger partial charge is 0.167 e. The van der Waals surface area contributed by atoms with E-state index in [4.69, 9.17) is 24.1 Å². The number of rotatable bonds is 4. The van der Waals surface area contributed by atoms with Gasteiger partial charge in [0.2, 0.25) is 0 Å². The molecule has 12 rings (SSSR count). The Hall–Kier alpha value is -7.63. The van der Waals surface area contributed by atoms with Crippen LogP contribution in [-0.4, -0.2) is 15.0 Å². The Kier molecular flexibility index (Phi) is 6.92. The van der Waals surface area contributed by atoms with Crippen LogP contribution in [0.15, 0.2) is 180 Å². The van der Waals surface area contributed by atoms with Gasteiger partial charge < -0.3 is 9.15 Å². The average Bonchev–Trinajstić information content (AvgIpc) is 3.68. The predicted octanol–water partition coefficient (Wildman–Crippen LogP) is 13.5. The number of para-hydroxylation sites is 2. The second kappa shape index (κ2) is 12.4. The van der Waals surface area contributed by atoms with E-state index in [1.54, 1.807) is 0 Å². The van der Waals surface area contributed by atoms with E-state index in [0.29, 0.717) is 24.1 Å². The van der Waals surface area contributed by atoms with Crippen molar-refractivity contribution in [3.05, 3.63) is 181 Å². The quantitative estimate of drug-likeness (QED) is 0.169. The first kappa shape index (κ1) is 31.7. The van der Waals surface area contributed by atoms with E-state index in [0.717, 1.165) is 72.0 Å². The van der Waals surface area contributed by atoms with Crippen molar-refractivity contribution in [3.63, 3.8) is 0 Å². The van der Waals surface area contributed by atoms with Crippen molar-refractivity contribution in [2.45, 2.75) is 6.61 Å². The molecule has 2 aromatic heterocycles. The Morgan fingerprint density at radius 2 is 0.965 bits per heavy atom. The highest BCUT2D eigenvalue weighted by Crippen LogP contribution is 2.47. The highest BCUT2D eigenvalue weighted by atomic mass is 16.5. The molecule has 0 aliphatic carbocycles. The maximum Gasteiger partial charge on any atom is 0.167 e. The summed E-state index contributed by atoms with van der Waals surface area (Å²) in [5, 5.41) is 9.31. The van der Waals surface area contributed by atoms with E-state index in [1.807, 2.05) is 48.5 Å². The van der Waals surface area contributed by atoms with E-state index in [1.165, 1.54) is 32.5 Å². The molecule has 0 spiro atoms. The summed E-state index contributed by atoms with van der Waals surface area (Å²) in [6.07, 6.45) is 0. The summed E-state index contributed by atoms with van der Waals surface area (Å²) in [7, 11) is 0. The molecule has 0 saturated carbocycles.